The summed E-state index contributed by atoms with van der Waals surface area (Å²) in [4.78, 5) is 24.0. The molecule has 146 valence electrons. The molecular weight excluding hydrogens is 355 g/mol. The molecular formula is C20H23FO6. The fourth-order valence-electron chi connectivity index (χ4n) is 3.23. The highest BCUT2D eigenvalue weighted by molar-refractivity contribution is 5.83. The van der Waals surface area contributed by atoms with Crippen molar-refractivity contribution in [3.63, 3.8) is 0 Å². The summed E-state index contributed by atoms with van der Waals surface area (Å²) in [7, 11) is 0. The van der Waals surface area contributed by atoms with Crippen LogP contribution in [0.3, 0.4) is 0 Å². The van der Waals surface area contributed by atoms with Crippen molar-refractivity contribution in [1.82, 2.24) is 0 Å². The minimum Gasteiger partial charge on any atom is -0.463 e. The Hall–Kier alpha value is -2.57. The lowest BCUT2D eigenvalue weighted by Gasteiger charge is -2.08. The fourth-order valence-corrected chi connectivity index (χ4v) is 3.23. The monoisotopic (exact) mass is 378 g/mol. The van der Waals surface area contributed by atoms with E-state index >= 15 is 0 Å². The predicted molar refractivity (Wildman–Crippen MR) is 93.5 cm³/mol. The van der Waals surface area contributed by atoms with Crippen LogP contribution in [0.2, 0.25) is 0 Å². The van der Waals surface area contributed by atoms with Gasteiger partial charge in [0.1, 0.15) is 12.4 Å². The van der Waals surface area contributed by atoms with Crippen LogP contribution in [0, 0.1) is 23.1 Å². The van der Waals surface area contributed by atoms with Crippen molar-refractivity contribution in [1.29, 1.82) is 0 Å². The second-order valence-corrected chi connectivity index (χ2v) is 7.26. The molecule has 1 aromatic rings. The molecule has 2 atom stereocenters. The smallest absolute Gasteiger partial charge is 0.330 e. The van der Waals surface area contributed by atoms with Crippen LogP contribution < -0.4 is 9.47 Å². The SMILES string of the molecule is CCCOC(=O)C=CC1C(C(=O)OCc2cc3c(cc2F)OCO3)C1(C)C. The van der Waals surface area contributed by atoms with Crippen molar-refractivity contribution in [3.05, 3.63) is 35.7 Å². The molecule has 1 aliphatic carbocycles. The number of carbonyl (C=O) groups excluding carboxylic acids is 2. The maximum Gasteiger partial charge on any atom is 0.330 e. The van der Waals surface area contributed by atoms with Gasteiger partial charge in [-0.05, 0) is 23.8 Å². The van der Waals surface area contributed by atoms with Crippen LogP contribution in [-0.4, -0.2) is 25.3 Å². The van der Waals surface area contributed by atoms with Gasteiger partial charge < -0.3 is 18.9 Å². The second-order valence-electron chi connectivity index (χ2n) is 7.26. The van der Waals surface area contributed by atoms with Crippen molar-refractivity contribution in [2.45, 2.75) is 33.8 Å². The zero-order chi connectivity index (χ0) is 19.6. The van der Waals surface area contributed by atoms with E-state index in [0.717, 1.165) is 6.42 Å². The Morgan fingerprint density at radius 2 is 1.96 bits per heavy atom. The minimum atomic E-state index is -0.516. The Morgan fingerprint density at radius 3 is 2.67 bits per heavy atom. The van der Waals surface area contributed by atoms with Gasteiger partial charge in [0.05, 0.1) is 12.5 Å². The van der Waals surface area contributed by atoms with Gasteiger partial charge in [0.15, 0.2) is 11.5 Å². The van der Waals surface area contributed by atoms with E-state index in [1.165, 1.54) is 18.2 Å². The predicted octanol–water partition coefficient (Wildman–Crippen LogP) is 3.38. The van der Waals surface area contributed by atoms with E-state index in [9.17, 15) is 14.0 Å². The standard InChI is InChI=1S/C20H23FO6/c1-4-7-24-17(22)6-5-13-18(20(13,2)3)19(23)25-10-12-8-15-16(9-14(12)21)27-11-26-15/h5-6,8-9,13,18H,4,7,10-11H2,1-3H3. The average Bonchev–Trinajstić information content (AvgIpc) is 2.93. The maximum absolute atomic E-state index is 14.1. The van der Waals surface area contributed by atoms with Gasteiger partial charge in [-0.25, -0.2) is 9.18 Å². The summed E-state index contributed by atoms with van der Waals surface area (Å²) >= 11 is 0. The molecule has 2 unspecified atom stereocenters. The molecule has 6 nitrogen and oxygen atoms in total. The molecule has 1 fully saturated rings. The van der Waals surface area contributed by atoms with Crippen molar-refractivity contribution >= 4 is 11.9 Å². The molecule has 1 heterocycles. The largest absolute Gasteiger partial charge is 0.463 e. The van der Waals surface area contributed by atoms with Gasteiger partial charge in [-0.1, -0.05) is 26.8 Å². The van der Waals surface area contributed by atoms with Gasteiger partial charge in [0, 0.05) is 17.7 Å². The first-order valence-corrected chi connectivity index (χ1v) is 8.94. The highest BCUT2D eigenvalue weighted by atomic mass is 19.1. The van der Waals surface area contributed by atoms with Crippen LogP contribution in [-0.2, 0) is 25.7 Å². The summed E-state index contributed by atoms with van der Waals surface area (Å²) in [5, 5.41) is 0. The molecule has 0 spiro atoms. The maximum atomic E-state index is 14.1. The third-order valence-electron chi connectivity index (χ3n) is 4.96. The van der Waals surface area contributed by atoms with Crippen molar-refractivity contribution in [2.24, 2.45) is 17.3 Å². The van der Waals surface area contributed by atoms with E-state index in [2.05, 4.69) is 0 Å². The summed E-state index contributed by atoms with van der Waals surface area (Å²) in [5.41, 5.74) is -0.104. The van der Waals surface area contributed by atoms with Crippen LogP contribution in [0.4, 0.5) is 4.39 Å². The molecule has 0 radical (unpaired) electrons. The third-order valence-corrected chi connectivity index (χ3v) is 4.96. The Morgan fingerprint density at radius 1 is 1.26 bits per heavy atom. The molecule has 7 heteroatoms. The summed E-state index contributed by atoms with van der Waals surface area (Å²) < 4.78 is 34.7. The van der Waals surface area contributed by atoms with E-state index in [1.54, 1.807) is 6.08 Å². The third kappa shape index (κ3) is 4.07. The normalized spacial score (nSPS) is 21.9. The molecule has 0 bridgehead atoms. The molecule has 1 aliphatic heterocycles. The number of allylic oxidation sites excluding steroid dienone is 1. The van der Waals surface area contributed by atoms with Crippen LogP contribution in [0.1, 0.15) is 32.8 Å². The van der Waals surface area contributed by atoms with E-state index < -0.39 is 17.8 Å². The summed E-state index contributed by atoms with van der Waals surface area (Å²) in [5.74, 6) is -1.10. The van der Waals surface area contributed by atoms with Crippen LogP contribution in [0.15, 0.2) is 24.3 Å². The first kappa shape index (κ1) is 19.2. The number of fused-ring (bicyclic) bond motifs is 1. The van der Waals surface area contributed by atoms with Crippen molar-refractivity contribution in [3.8, 4) is 11.5 Å². The molecule has 1 aromatic carbocycles. The molecule has 3 rings (SSSR count). The van der Waals surface area contributed by atoms with Gasteiger partial charge in [-0.2, -0.15) is 0 Å². The summed E-state index contributed by atoms with van der Waals surface area (Å²) in [6.07, 6.45) is 3.79. The van der Waals surface area contributed by atoms with Crippen LogP contribution >= 0.6 is 0 Å². The first-order chi connectivity index (χ1) is 12.8. The highest BCUT2D eigenvalue weighted by Crippen LogP contribution is 2.59. The topological polar surface area (TPSA) is 71.1 Å². The van der Waals surface area contributed by atoms with Crippen molar-refractivity contribution < 1.29 is 32.9 Å². The zero-order valence-electron chi connectivity index (χ0n) is 15.6. The Bertz CT molecular complexity index is 770. The fraction of sp³-hybridized carbons (Fsp3) is 0.500. The first-order valence-electron chi connectivity index (χ1n) is 8.94. The lowest BCUT2D eigenvalue weighted by Crippen LogP contribution is -2.11. The zero-order valence-corrected chi connectivity index (χ0v) is 15.6. The number of hydrogen-bond acceptors (Lipinski definition) is 6. The quantitative estimate of drug-likeness (QED) is 0.535. The van der Waals surface area contributed by atoms with E-state index in [0.29, 0.717) is 18.1 Å². The second kappa shape index (κ2) is 7.58. The van der Waals surface area contributed by atoms with Crippen molar-refractivity contribution in [2.75, 3.05) is 13.4 Å². The van der Waals surface area contributed by atoms with E-state index in [-0.39, 0.29) is 36.2 Å². The van der Waals surface area contributed by atoms with Gasteiger partial charge in [-0.3, -0.25) is 4.79 Å². The number of carbonyl (C=O) groups is 2. The lowest BCUT2D eigenvalue weighted by molar-refractivity contribution is -0.147. The number of ether oxygens (including phenoxy) is 4. The van der Waals surface area contributed by atoms with Gasteiger partial charge in [0.2, 0.25) is 6.79 Å². The molecule has 2 aliphatic rings. The lowest BCUT2D eigenvalue weighted by atomic mass is 10.1. The van der Waals surface area contributed by atoms with Crippen LogP contribution in [0.25, 0.3) is 0 Å². The molecule has 0 amide bonds. The Kier molecular flexibility index (Phi) is 5.39. The van der Waals surface area contributed by atoms with Gasteiger partial charge in [0.25, 0.3) is 0 Å². The molecule has 27 heavy (non-hydrogen) atoms. The Balaban J connectivity index is 1.57. The highest BCUT2D eigenvalue weighted by Gasteiger charge is 2.61. The van der Waals surface area contributed by atoms with Crippen LogP contribution in [0.5, 0.6) is 11.5 Å². The van der Waals surface area contributed by atoms with E-state index in [4.69, 9.17) is 18.9 Å². The number of rotatable bonds is 7. The number of hydrogen-bond donors (Lipinski definition) is 0. The molecule has 0 N–H and O–H groups in total. The number of esters is 2. The number of benzene rings is 1. The summed E-state index contributed by atoms with van der Waals surface area (Å²) in [6.45, 7) is 5.98. The van der Waals surface area contributed by atoms with Gasteiger partial charge in [-0.15, -0.1) is 0 Å². The average molecular weight is 378 g/mol. The number of halogens is 1. The summed E-state index contributed by atoms with van der Waals surface area (Å²) in [6, 6.07) is 2.70. The minimum absolute atomic E-state index is 0.0446. The molecule has 0 aromatic heterocycles. The Labute approximate surface area is 157 Å². The molecule has 0 saturated heterocycles. The van der Waals surface area contributed by atoms with E-state index in [1.807, 2.05) is 20.8 Å². The van der Waals surface area contributed by atoms with Gasteiger partial charge >= 0.3 is 11.9 Å². The molecule has 1 saturated carbocycles.